The Morgan fingerprint density at radius 1 is 0.700 bits per heavy atom. The quantitative estimate of drug-likeness (QED) is 0.235. The minimum absolute atomic E-state index is 0.539. The van der Waals surface area contributed by atoms with Gasteiger partial charge in [0.1, 0.15) is 15.6 Å². The zero-order chi connectivity index (χ0) is 27.1. The Hall–Kier alpha value is -3.37. The van der Waals surface area contributed by atoms with E-state index in [1.165, 1.54) is 4.91 Å². The second kappa shape index (κ2) is 8.57. The van der Waals surface area contributed by atoms with Gasteiger partial charge < -0.3 is 4.57 Å². The van der Waals surface area contributed by atoms with Crippen LogP contribution in [0.4, 0.5) is 0 Å². The summed E-state index contributed by atoms with van der Waals surface area (Å²) in [6, 6.07) is 39.0. The van der Waals surface area contributed by atoms with Gasteiger partial charge in [0, 0.05) is 32.2 Å². The summed E-state index contributed by atoms with van der Waals surface area (Å²) in [5, 5.41) is 4.61. The van der Waals surface area contributed by atoms with Gasteiger partial charge in [-0.05, 0) is 19.4 Å². The van der Waals surface area contributed by atoms with Crippen LogP contribution < -0.4 is 10.6 Å². The maximum atomic E-state index is 15.8. The number of benzene rings is 4. The van der Waals surface area contributed by atoms with E-state index in [0.29, 0.717) is 0 Å². The Balaban J connectivity index is 1.48. The predicted molar refractivity (Wildman–Crippen MR) is 172 cm³/mol. The van der Waals surface area contributed by atoms with Gasteiger partial charge >= 0.3 is 0 Å². The van der Waals surface area contributed by atoms with Gasteiger partial charge in [0.05, 0.1) is 15.8 Å². The lowest BCUT2D eigenvalue weighted by molar-refractivity contribution is 0.478. The molecule has 0 amide bonds. The Morgan fingerprint density at radius 3 is 1.95 bits per heavy atom. The van der Waals surface area contributed by atoms with Crippen LogP contribution in [0.2, 0.25) is 0 Å². The molecule has 3 atom stereocenters. The van der Waals surface area contributed by atoms with Gasteiger partial charge in [-0.25, -0.2) is 4.99 Å². The number of hydrogen-bond donors (Lipinski definition) is 0. The van der Waals surface area contributed by atoms with Crippen LogP contribution in [-0.2, 0) is 4.57 Å². The monoisotopic (exact) mass is 572 g/mol. The molecule has 8 rings (SSSR count). The summed E-state index contributed by atoms with van der Waals surface area (Å²) >= 11 is 3.50. The predicted octanol–water partition coefficient (Wildman–Crippen LogP) is 7.86. The molecule has 3 aliphatic heterocycles. The standard InChI is InChI=1S/C34H25N2OPS2/c1-33-30(39-32(36-33)23-16-8-4-9-17-23)27-25-20-12-13-21-26(25)38(37,24-18-10-5-11-19-24)28(27)29-34(33,2)40-31(35-29)22-14-6-3-7-15-22/h3-21H,1-2H3. The van der Waals surface area contributed by atoms with E-state index in [0.717, 1.165) is 54.0 Å². The molecular formula is C34H25N2OPS2. The van der Waals surface area contributed by atoms with Crippen LogP contribution in [0.3, 0.4) is 0 Å². The highest BCUT2D eigenvalue weighted by Crippen LogP contribution is 2.74. The molecule has 0 fully saturated rings. The van der Waals surface area contributed by atoms with Gasteiger partial charge in [-0.2, -0.15) is 0 Å². The number of aliphatic imine (C=N–C) groups is 2. The summed E-state index contributed by atoms with van der Waals surface area (Å²) in [7, 11) is -3.21. The van der Waals surface area contributed by atoms with E-state index in [1.807, 2.05) is 48.5 Å². The van der Waals surface area contributed by atoms with Gasteiger partial charge in [-0.1, -0.05) is 139 Å². The molecule has 3 heterocycles. The molecule has 0 radical (unpaired) electrons. The number of thioether (sulfide) groups is 2. The van der Waals surface area contributed by atoms with Gasteiger partial charge in [-0.3, -0.25) is 4.99 Å². The zero-order valence-corrected chi connectivity index (χ0v) is 24.6. The topological polar surface area (TPSA) is 41.8 Å². The smallest absolute Gasteiger partial charge is 0.174 e. The first-order valence-electron chi connectivity index (χ1n) is 13.4. The molecule has 0 saturated heterocycles. The molecule has 3 nitrogen and oxygen atoms in total. The van der Waals surface area contributed by atoms with Gasteiger partial charge in [0.15, 0.2) is 7.14 Å². The lowest BCUT2D eigenvalue weighted by atomic mass is 9.76. The average molecular weight is 573 g/mol. The fourth-order valence-corrected chi connectivity index (χ4v) is 12.7. The second-order valence-electron chi connectivity index (χ2n) is 10.7. The Kier molecular flexibility index (Phi) is 5.23. The summed E-state index contributed by atoms with van der Waals surface area (Å²) in [6.07, 6.45) is 0. The summed E-state index contributed by atoms with van der Waals surface area (Å²) in [5.41, 5.74) is 4.61. The van der Waals surface area contributed by atoms with E-state index < -0.39 is 17.4 Å². The van der Waals surface area contributed by atoms with E-state index >= 15 is 4.57 Å². The molecule has 4 aromatic carbocycles. The van der Waals surface area contributed by atoms with E-state index in [1.54, 1.807) is 23.5 Å². The third-order valence-electron chi connectivity index (χ3n) is 8.54. The molecule has 0 N–H and O–H groups in total. The lowest BCUT2D eigenvalue weighted by Gasteiger charge is -2.43. The van der Waals surface area contributed by atoms with E-state index in [9.17, 15) is 0 Å². The van der Waals surface area contributed by atoms with E-state index in [-0.39, 0.29) is 0 Å². The minimum atomic E-state index is -3.21. The molecule has 0 bridgehead atoms. The van der Waals surface area contributed by atoms with Gasteiger partial charge in [-0.15, -0.1) is 0 Å². The van der Waals surface area contributed by atoms with Crippen molar-refractivity contribution in [3.63, 3.8) is 0 Å². The molecule has 1 aliphatic carbocycles. The third kappa shape index (κ3) is 3.09. The van der Waals surface area contributed by atoms with Crippen LogP contribution in [0.25, 0.3) is 5.57 Å². The van der Waals surface area contributed by atoms with Crippen LogP contribution in [-0.4, -0.2) is 20.4 Å². The number of rotatable bonds is 3. The second-order valence-corrected chi connectivity index (χ2v) is 15.8. The van der Waals surface area contributed by atoms with Crippen molar-refractivity contribution in [2.75, 3.05) is 0 Å². The average Bonchev–Trinajstić information content (AvgIpc) is 3.64. The van der Waals surface area contributed by atoms with E-state index in [2.05, 4.69) is 80.6 Å². The molecule has 40 heavy (non-hydrogen) atoms. The molecule has 4 aliphatic rings. The first-order valence-corrected chi connectivity index (χ1v) is 16.7. The number of allylic oxidation sites excluding steroid dienone is 2. The lowest BCUT2D eigenvalue weighted by Crippen LogP contribution is -2.48. The highest BCUT2D eigenvalue weighted by Gasteiger charge is 2.64. The Morgan fingerprint density at radius 2 is 1.27 bits per heavy atom. The molecule has 194 valence electrons. The van der Waals surface area contributed by atoms with E-state index in [4.69, 9.17) is 9.98 Å². The summed E-state index contributed by atoms with van der Waals surface area (Å²) in [4.78, 5) is 12.1. The first kappa shape index (κ1) is 24.4. The third-order valence-corrected chi connectivity index (χ3v) is 14.5. The molecule has 0 spiro atoms. The maximum Gasteiger partial charge on any atom is 0.174 e. The SMILES string of the molecule is CC12N=C(c3ccccc3)SC1=C1C(=C3N=C(c4ccccc4)SC32C)P(=O)(c2ccccc2)c2ccccc21. The molecule has 3 unspecified atom stereocenters. The number of nitrogens with zero attached hydrogens (tertiary/aromatic N) is 2. The van der Waals surface area contributed by atoms with Crippen molar-refractivity contribution in [3.8, 4) is 0 Å². The fourth-order valence-electron chi connectivity index (χ4n) is 6.35. The van der Waals surface area contributed by atoms with Crippen LogP contribution in [0, 0.1) is 0 Å². The minimum Gasteiger partial charge on any atom is -0.309 e. The molecule has 4 aromatic rings. The van der Waals surface area contributed by atoms with Crippen LogP contribution in [0.1, 0.15) is 30.5 Å². The summed E-state index contributed by atoms with van der Waals surface area (Å²) in [5.74, 6) is 0. The fraction of sp³-hybridized carbons (Fsp3) is 0.118. The summed E-state index contributed by atoms with van der Waals surface area (Å²) in [6.45, 7) is 4.51. The van der Waals surface area contributed by atoms with Crippen molar-refractivity contribution in [2.24, 2.45) is 9.98 Å². The molecule has 0 aromatic heterocycles. The van der Waals surface area contributed by atoms with Crippen molar-refractivity contribution in [3.05, 3.63) is 148 Å². The normalized spacial score (nSPS) is 28.1. The molecule has 0 saturated carbocycles. The van der Waals surface area contributed by atoms with Crippen molar-refractivity contribution < 1.29 is 4.57 Å². The molecular weight excluding hydrogens is 547 g/mol. The van der Waals surface area contributed by atoms with Crippen molar-refractivity contribution in [1.82, 2.24) is 0 Å². The van der Waals surface area contributed by atoms with Crippen LogP contribution in [0.15, 0.2) is 141 Å². The van der Waals surface area contributed by atoms with Gasteiger partial charge in [0.2, 0.25) is 0 Å². The Bertz CT molecular complexity index is 1900. The van der Waals surface area contributed by atoms with Crippen molar-refractivity contribution in [1.29, 1.82) is 0 Å². The molecule has 6 heteroatoms. The first-order chi connectivity index (χ1) is 19.4. The number of hydrogen-bond acceptors (Lipinski definition) is 5. The largest absolute Gasteiger partial charge is 0.309 e. The highest BCUT2D eigenvalue weighted by atomic mass is 32.2. The number of fused-ring (bicyclic) bond motifs is 6. The van der Waals surface area contributed by atoms with Crippen LogP contribution in [0.5, 0.6) is 0 Å². The highest BCUT2D eigenvalue weighted by molar-refractivity contribution is 8.19. The maximum absolute atomic E-state index is 15.8. The zero-order valence-electron chi connectivity index (χ0n) is 22.0. The summed E-state index contributed by atoms with van der Waals surface area (Å²) < 4.78 is 15.2. The van der Waals surface area contributed by atoms with Crippen molar-refractivity contribution >= 4 is 56.9 Å². The van der Waals surface area contributed by atoms with Crippen LogP contribution >= 0.6 is 30.7 Å². The van der Waals surface area contributed by atoms with Gasteiger partial charge in [0.25, 0.3) is 0 Å². The Labute approximate surface area is 242 Å². The van der Waals surface area contributed by atoms with Crippen molar-refractivity contribution in [2.45, 2.75) is 24.1 Å².